The molecule has 184 valence electrons. The number of hydrogen-bond acceptors (Lipinski definition) is 4. The van der Waals surface area contributed by atoms with Crippen molar-refractivity contribution in [1.82, 2.24) is 14.8 Å². The maximum Gasteiger partial charge on any atom is 0.271 e. The van der Waals surface area contributed by atoms with Crippen LogP contribution in [0.1, 0.15) is 54.2 Å². The largest absolute Gasteiger partial charge is 0.496 e. The Morgan fingerprint density at radius 3 is 2.46 bits per heavy atom. The quantitative estimate of drug-likeness (QED) is 0.572. The van der Waals surface area contributed by atoms with E-state index < -0.39 is 5.54 Å². The van der Waals surface area contributed by atoms with Crippen molar-refractivity contribution in [2.45, 2.75) is 64.2 Å². The lowest BCUT2D eigenvalue weighted by Crippen LogP contribution is -2.64. The molecule has 35 heavy (non-hydrogen) atoms. The molecule has 2 amide bonds. The smallest absolute Gasteiger partial charge is 0.271 e. The highest BCUT2D eigenvalue weighted by Gasteiger charge is 2.48. The summed E-state index contributed by atoms with van der Waals surface area (Å²) in [5.41, 5.74) is 2.34. The highest BCUT2D eigenvalue weighted by Crippen LogP contribution is 2.40. The summed E-state index contributed by atoms with van der Waals surface area (Å²) in [6.07, 6.45) is 4.21. The first-order valence-corrected chi connectivity index (χ1v) is 12.3. The van der Waals surface area contributed by atoms with Crippen LogP contribution in [-0.2, 0) is 17.9 Å². The molecule has 2 aromatic carbocycles. The molecule has 2 heterocycles. The molecule has 1 aromatic heterocycles. The topological polar surface area (TPSA) is 72.8 Å². The van der Waals surface area contributed by atoms with E-state index in [1.807, 2.05) is 60.9 Å². The van der Waals surface area contributed by atoms with Gasteiger partial charge in [-0.3, -0.25) is 9.59 Å². The molecule has 1 aliphatic heterocycles. The minimum atomic E-state index is -1.07. The fourth-order valence-corrected chi connectivity index (χ4v) is 5.57. The molecule has 3 aromatic rings. The molecular formula is C28H33N3O4. The number of benzene rings is 2. The Labute approximate surface area is 206 Å². The normalized spacial score (nSPS) is 20.2. The predicted molar refractivity (Wildman–Crippen MR) is 135 cm³/mol. The van der Waals surface area contributed by atoms with Gasteiger partial charge in [0.25, 0.3) is 5.91 Å². The number of nitrogens with one attached hydrogen (secondary N) is 1. The zero-order valence-electron chi connectivity index (χ0n) is 20.9. The molecule has 5 rings (SSSR count). The summed E-state index contributed by atoms with van der Waals surface area (Å²) in [6.45, 7) is 4.60. The number of hydrogen-bond donors (Lipinski definition) is 1. The number of ether oxygens (including phenoxy) is 2. The van der Waals surface area contributed by atoms with E-state index in [-0.39, 0.29) is 17.9 Å². The first-order chi connectivity index (χ1) is 16.9. The van der Waals surface area contributed by atoms with Crippen LogP contribution in [0.4, 0.5) is 0 Å². The summed E-state index contributed by atoms with van der Waals surface area (Å²) < 4.78 is 13.2. The van der Waals surface area contributed by atoms with E-state index in [2.05, 4.69) is 5.32 Å². The Balaban J connectivity index is 1.65. The number of aryl methyl sites for hydroxylation is 1. The predicted octanol–water partition coefficient (Wildman–Crippen LogP) is 4.44. The van der Waals surface area contributed by atoms with Crippen LogP contribution in [0, 0.1) is 6.92 Å². The van der Waals surface area contributed by atoms with Gasteiger partial charge in [0.2, 0.25) is 5.91 Å². The number of nitrogens with zero attached hydrogens (tertiary/aromatic N) is 2. The second-order valence-electron chi connectivity index (χ2n) is 9.89. The summed E-state index contributed by atoms with van der Waals surface area (Å²) in [5.74, 6) is 1.02. The standard InChI is InChI=1S/C28H33N3O4/c1-18-9-5-6-10-19(18)16-31-26(32)22-15-21-23(34-3)13-14-24(35-4)25(21)30(22)17-28(31,2)27(33)29-20-11-7-8-12-20/h5-6,9-10,13-15,20H,7-8,11-12,16-17H2,1-4H3,(H,29,33). The third-order valence-electron chi connectivity index (χ3n) is 7.72. The monoisotopic (exact) mass is 475 g/mol. The third kappa shape index (κ3) is 3.83. The maximum atomic E-state index is 14.1. The van der Waals surface area contributed by atoms with Gasteiger partial charge in [0, 0.05) is 18.0 Å². The van der Waals surface area contributed by atoms with Crippen LogP contribution in [-0.4, -0.2) is 47.1 Å². The molecule has 2 aliphatic rings. The molecule has 1 N–H and O–H groups in total. The fraction of sp³-hybridized carbons (Fsp3) is 0.429. The molecule has 7 nitrogen and oxygen atoms in total. The Morgan fingerprint density at radius 1 is 1.09 bits per heavy atom. The first kappa shape index (κ1) is 23.3. The van der Waals surface area contributed by atoms with E-state index in [9.17, 15) is 9.59 Å². The minimum Gasteiger partial charge on any atom is -0.496 e. The van der Waals surface area contributed by atoms with Gasteiger partial charge in [0.15, 0.2) is 0 Å². The summed E-state index contributed by atoms with van der Waals surface area (Å²) in [7, 11) is 3.23. The van der Waals surface area contributed by atoms with Crippen LogP contribution in [0.3, 0.4) is 0 Å². The van der Waals surface area contributed by atoms with Crippen LogP contribution in [0.2, 0.25) is 0 Å². The molecule has 1 saturated carbocycles. The van der Waals surface area contributed by atoms with Gasteiger partial charge in [-0.2, -0.15) is 0 Å². The van der Waals surface area contributed by atoms with Crippen LogP contribution < -0.4 is 14.8 Å². The zero-order valence-corrected chi connectivity index (χ0v) is 20.9. The van der Waals surface area contributed by atoms with Crippen LogP contribution in [0.25, 0.3) is 10.9 Å². The van der Waals surface area contributed by atoms with Gasteiger partial charge in [-0.15, -0.1) is 0 Å². The van der Waals surface area contributed by atoms with E-state index in [1.165, 1.54) is 0 Å². The second-order valence-corrected chi connectivity index (χ2v) is 9.89. The minimum absolute atomic E-state index is 0.110. The number of amides is 2. The molecule has 1 atom stereocenters. The summed E-state index contributed by atoms with van der Waals surface area (Å²) in [4.78, 5) is 29.7. The highest BCUT2D eigenvalue weighted by molar-refractivity contribution is 6.06. The molecule has 1 aliphatic carbocycles. The molecule has 0 bridgehead atoms. The van der Waals surface area contributed by atoms with Crippen LogP contribution >= 0.6 is 0 Å². The summed E-state index contributed by atoms with van der Waals surface area (Å²) >= 11 is 0. The Morgan fingerprint density at radius 2 is 1.77 bits per heavy atom. The Hall–Kier alpha value is -3.48. The van der Waals surface area contributed by atoms with E-state index in [4.69, 9.17) is 9.47 Å². The summed E-state index contributed by atoms with van der Waals surface area (Å²) in [6, 6.07) is 13.7. The molecule has 7 heteroatoms. The number of fused-ring (bicyclic) bond motifs is 3. The first-order valence-electron chi connectivity index (χ1n) is 12.3. The number of rotatable bonds is 6. The van der Waals surface area contributed by atoms with Crippen molar-refractivity contribution in [3.8, 4) is 11.5 Å². The van der Waals surface area contributed by atoms with Crippen LogP contribution in [0.15, 0.2) is 42.5 Å². The molecule has 1 fully saturated rings. The average Bonchev–Trinajstić information content (AvgIpc) is 3.50. The fourth-order valence-electron chi connectivity index (χ4n) is 5.57. The number of carbonyl (C=O) groups excluding carboxylic acids is 2. The van der Waals surface area contributed by atoms with Gasteiger partial charge in [-0.25, -0.2) is 0 Å². The van der Waals surface area contributed by atoms with E-state index in [1.54, 1.807) is 19.1 Å². The lowest BCUT2D eigenvalue weighted by atomic mass is 9.92. The van der Waals surface area contributed by atoms with Crippen LogP contribution in [0.5, 0.6) is 11.5 Å². The average molecular weight is 476 g/mol. The molecule has 0 radical (unpaired) electrons. The van der Waals surface area contributed by atoms with Crippen molar-refractivity contribution in [3.05, 3.63) is 59.3 Å². The van der Waals surface area contributed by atoms with Gasteiger partial charge in [-0.1, -0.05) is 37.1 Å². The van der Waals surface area contributed by atoms with Crippen molar-refractivity contribution >= 4 is 22.7 Å². The molecule has 0 spiro atoms. The van der Waals surface area contributed by atoms with Gasteiger partial charge in [-0.05, 0) is 56.0 Å². The van der Waals surface area contributed by atoms with E-state index >= 15 is 0 Å². The zero-order chi connectivity index (χ0) is 24.7. The SMILES string of the molecule is COc1ccc(OC)c2c1cc1n2CC(C)(C(=O)NC2CCCC2)N(Cc2ccccc2C)C1=O. The maximum absolute atomic E-state index is 14.1. The van der Waals surface area contributed by atoms with Gasteiger partial charge < -0.3 is 24.3 Å². The summed E-state index contributed by atoms with van der Waals surface area (Å²) in [5, 5.41) is 4.06. The third-order valence-corrected chi connectivity index (χ3v) is 7.72. The molecule has 0 saturated heterocycles. The van der Waals surface area contributed by atoms with E-state index in [0.717, 1.165) is 47.7 Å². The lowest BCUT2D eigenvalue weighted by molar-refractivity contribution is -0.133. The van der Waals surface area contributed by atoms with E-state index in [0.29, 0.717) is 30.3 Å². The van der Waals surface area contributed by atoms with Gasteiger partial charge in [0.1, 0.15) is 22.7 Å². The Kier molecular flexibility index (Phi) is 5.95. The second kappa shape index (κ2) is 8.95. The Bertz CT molecular complexity index is 1290. The van der Waals surface area contributed by atoms with Crippen molar-refractivity contribution in [3.63, 3.8) is 0 Å². The number of aromatic nitrogens is 1. The number of carbonyl (C=O) groups is 2. The number of methoxy groups -OCH3 is 2. The van der Waals surface area contributed by atoms with Crippen molar-refractivity contribution in [2.24, 2.45) is 0 Å². The highest BCUT2D eigenvalue weighted by atomic mass is 16.5. The van der Waals surface area contributed by atoms with Gasteiger partial charge >= 0.3 is 0 Å². The van der Waals surface area contributed by atoms with Crippen molar-refractivity contribution in [1.29, 1.82) is 0 Å². The van der Waals surface area contributed by atoms with Gasteiger partial charge in [0.05, 0.1) is 26.3 Å². The van der Waals surface area contributed by atoms with Crippen molar-refractivity contribution < 1.29 is 19.1 Å². The van der Waals surface area contributed by atoms with Crippen molar-refractivity contribution in [2.75, 3.05) is 14.2 Å². The lowest BCUT2D eigenvalue weighted by Gasteiger charge is -2.44. The molecule has 1 unspecified atom stereocenters. The molecular weight excluding hydrogens is 442 g/mol.